The number of benzene rings is 4. The molecule has 0 saturated carbocycles. The summed E-state index contributed by atoms with van der Waals surface area (Å²) < 4.78 is 24.9. The first-order chi connectivity index (χ1) is 17.6. The predicted octanol–water partition coefficient (Wildman–Crippen LogP) is 7.24. The van der Waals surface area contributed by atoms with Crippen molar-refractivity contribution in [1.82, 2.24) is 0 Å². The highest BCUT2D eigenvalue weighted by Gasteiger charge is 2.38. The Kier molecular flexibility index (Phi) is 7.53. The smallest absolute Gasteiger partial charge is 0.131 e. The minimum absolute atomic E-state index is 0.0739. The van der Waals surface area contributed by atoms with Gasteiger partial charge in [0.2, 0.25) is 0 Å². The summed E-state index contributed by atoms with van der Waals surface area (Å²) in [4.78, 5) is 0. The first-order valence-electron chi connectivity index (χ1n) is 12.5. The van der Waals surface area contributed by atoms with Crippen molar-refractivity contribution in [3.05, 3.63) is 125 Å². The van der Waals surface area contributed by atoms with Crippen molar-refractivity contribution in [2.24, 2.45) is 0 Å². The Balaban J connectivity index is 1.25. The first kappa shape index (κ1) is 24.0. The Morgan fingerprint density at radius 3 is 1.92 bits per heavy atom. The molecule has 1 saturated heterocycles. The standard InChI is InChI=1S/C32H32O4/c1-23-8-14-27(15-9-23)34-22-32-31(35-29-16-10-24(2)11-17-29)20-30(36-32)26-12-18-28(19-13-26)33-21-25-6-4-3-5-7-25/h3-19,30-32H,20-22H2,1-2H3/t30-,31-,32+/m0/s1. The molecule has 0 unspecified atom stereocenters. The third-order valence-electron chi connectivity index (χ3n) is 6.44. The molecule has 36 heavy (non-hydrogen) atoms. The Morgan fingerprint density at radius 1 is 0.667 bits per heavy atom. The molecule has 3 atom stereocenters. The van der Waals surface area contributed by atoms with Gasteiger partial charge in [0, 0.05) is 6.42 Å². The minimum atomic E-state index is -0.188. The maximum Gasteiger partial charge on any atom is 0.131 e. The van der Waals surface area contributed by atoms with Gasteiger partial charge in [-0.15, -0.1) is 0 Å². The fraction of sp³-hybridized carbons (Fsp3) is 0.250. The summed E-state index contributed by atoms with van der Waals surface area (Å²) in [6.45, 7) is 5.11. The lowest BCUT2D eigenvalue weighted by Gasteiger charge is -2.20. The summed E-state index contributed by atoms with van der Waals surface area (Å²) in [6, 6.07) is 34.6. The van der Waals surface area contributed by atoms with E-state index in [0.29, 0.717) is 13.2 Å². The monoisotopic (exact) mass is 480 g/mol. The highest BCUT2D eigenvalue weighted by atomic mass is 16.6. The average Bonchev–Trinajstić information content (AvgIpc) is 3.32. The van der Waals surface area contributed by atoms with Crippen molar-refractivity contribution in [3.63, 3.8) is 0 Å². The van der Waals surface area contributed by atoms with Crippen molar-refractivity contribution < 1.29 is 18.9 Å². The van der Waals surface area contributed by atoms with Gasteiger partial charge in [-0.3, -0.25) is 0 Å². The summed E-state index contributed by atoms with van der Waals surface area (Å²) in [6.07, 6.45) is 0.374. The second-order valence-corrected chi connectivity index (χ2v) is 9.34. The maximum atomic E-state index is 6.48. The van der Waals surface area contributed by atoms with E-state index in [2.05, 4.69) is 62.4 Å². The van der Waals surface area contributed by atoms with Crippen LogP contribution in [0.15, 0.2) is 103 Å². The Morgan fingerprint density at radius 2 is 1.25 bits per heavy atom. The molecule has 1 aliphatic heterocycles. The second kappa shape index (κ2) is 11.3. The third-order valence-corrected chi connectivity index (χ3v) is 6.44. The molecule has 1 fully saturated rings. The SMILES string of the molecule is Cc1ccc(OC[C@H]2O[C@H](c3ccc(OCc4ccccc4)cc3)C[C@@H]2Oc2ccc(C)cc2)cc1. The number of aryl methyl sites for hydroxylation is 2. The van der Waals surface area contributed by atoms with Crippen molar-refractivity contribution >= 4 is 0 Å². The highest BCUT2D eigenvalue weighted by Crippen LogP contribution is 2.36. The fourth-order valence-corrected chi connectivity index (χ4v) is 4.33. The van der Waals surface area contributed by atoms with Crippen LogP contribution in [0.1, 0.15) is 34.8 Å². The van der Waals surface area contributed by atoms with E-state index in [1.807, 2.05) is 54.6 Å². The van der Waals surface area contributed by atoms with E-state index in [9.17, 15) is 0 Å². The zero-order valence-corrected chi connectivity index (χ0v) is 20.8. The summed E-state index contributed by atoms with van der Waals surface area (Å²) in [5.74, 6) is 2.52. The highest BCUT2D eigenvalue weighted by molar-refractivity contribution is 5.31. The molecule has 1 aliphatic rings. The van der Waals surface area contributed by atoms with Crippen molar-refractivity contribution in [3.8, 4) is 17.2 Å². The molecule has 4 nitrogen and oxygen atoms in total. The summed E-state index contributed by atoms with van der Waals surface area (Å²) >= 11 is 0. The van der Waals surface area contributed by atoms with E-state index in [1.165, 1.54) is 11.1 Å². The van der Waals surface area contributed by atoms with Gasteiger partial charge in [-0.05, 0) is 61.4 Å². The van der Waals surface area contributed by atoms with E-state index in [1.54, 1.807) is 0 Å². The van der Waals surface area contributed by atoms with Crippen molar-refractivity contribution in [2.75, 3.05) is 6.61 Å². The molecule has 0 aromatic heterocycles. The molecule has 0 radical (unpaired) electrons. The van der Waals surface area contributed by atoms with Gasteiger partial charge in [0.25, 0.3) is 0 Å². The Labute approximate surface area is 213 Å². The molecule has 4 aromatic carbocycles. The van der Waals surface area contributed by atoms with Crippen LogP contribution in [0.2, 0.25) is 0 Å². The van der Waals surface area contributed by atoms with Crippen LogP contribution in [0.4, 0.5) is 0 Å². The van der Waals surface area contributed by atoms with E-state index < -0.39 is 0 Å². The van der Waals surface area contributed by atoms with E-state index in [-0.39, 0.29) is 18.3 Å². The zero-order valence-electron chi connectivity index (χ0n) is 20.8. The molecular formula is C32H32O4. The number of hydrogen-bond donors (Lipinski definition) is 0. The molecule has 0 amide bonds. The predicted molar refractivity (Wildman–Crippen MR) is 142 cm³/mol. The molecule has 184 valence electrons. The lowest BCUT2D eigenvalue weighted by atomic mass is 10.0. The quantitative estimate of drug-likeness (QED) is 0.253. The molecule has 4 heteroatoms. The topological polar surface area (TPSA) is 36.9 Å². The van der Waals surface area contributed by atoms with Crippen LogP contribution in [0.25, 0.3) is 0 Å². The summed E-state index contributed by atoms with van der Waals surface area (Å²) in [5, 5.41) is 0. The van der Waals surface area contributed by atoms with E-state index in [0.717, 1.165) is 34.8 Å². The number of rotatable bonds is 9. The fourth-order valence-electron chi connectivity index (χ4n) is 4.33. The van der Waals surface area contributed by atoms with Crippen LogP contribution in [-0.4, -0.2) is 18.8 Å². The summed E-state index contributed by atoms with van der Waals surface area (Å²) in [5.41, 5.74) is 4.67. The maximum absolute atomic E-state index is 6.48. The third kappa shape index (κ3) is 6.27. The van der Waals surface area contributed by atoms with Crippen LogP contribution in [0.3, 0.4) is 0 Å². The van der Waals surface area contributed by atoms with Gasteiger partial charge in [-0.25, -0.2) is 0 Å². The van der Waals surface area contributed by atoms with Crippen LogP contribution < -0.4 is 14.2 Å². The van der Waals surface area contributed by atoms with Crippen LogP contribution in [0.5, 0.6) is 17.2 Å². The average molecular weight is 481 g/mol. The molecule has 1 heterocycles. The molecule has 4 aromatic rings. The van der Waals surface area contributed by atoms with Crippen molar-refractivity contribution in [2.45, 2.75) is 45.2 Å². The molecule has 5 rings (SSSR count). The normalized spacial score (nSPS) is 19.1. The first-order valence-corrected chi connectivity index (χ1v) is 12.5. The van der Waals surface area contributed by atoms with Crippen LogP contribution in [0, 0.1) is 13.8 Å². The van der Waals surface area contributed by atoms with Gasteiger partial charge in [-0.1, -0.05) is 77.9 Å². The number of ether oxygens (including phenoxy) is 4. The molecule has 0 N–H and O–H groups in total. The van der Waals surface area contributed by atoms with Gasteiger partial charge < -0.3 is 18.9 Å². The van der Waals surface area contributed by atoms with Gasteiger partial charge in [0.1, 0.15) is 42.7 Å². The van der Waals surface area contributed by atoms with Gasteiger partial charge in [0.15, 0.2) is 0 Å². The lowest BCUT2D eigenvalue weighted by Crippen LogP contribution is -2.32. The Bertz CT molecular complexity index is 1220. The zero-order chi connectivity index (χ0) is 24.7. The molecule has 0 aliphatic carbocycles. The Hall–Kier alpha value is -3.76. The molecule has 0 bridgehead atoms. The van der Waals surface area contributed by atoms with Crippen LogP contribution >= 0.6 is 0 Å². The summed E-state index contributed by atoms with van der Waals surface area (Å²) in [7, 11) is 0. The largest absolute Gasteiger partial charge is 0.491 e. The van der Waals surface area contributed by atoms with Gasteiger partial charge in [-0.2, -0.15) is 0 Å². The number of hydrogen-bond acceptors (Lipinski definition) is 4. The second-order valence-electron chi connectivity index (χ2n) is 9.34. The molecule has 0 spiro atoms. The van der Waals surface area contributed by atoms with Gasteiger partial charge >= 0.3 is 0 Å². The van der Waals surface area contributed by atoms with E-state index >= 15 is 0 Å². The lowest BCUT2D eigenvalue weighted by molar-refractivity contribution is -0.0107. The van der Waals surface area contributed by atoms with Crippen molar-refractivity contribution in [1.29, 1.82) is 0 Å². The molecular weight excluding hydrogens is 448 g/mol. The van der Waals surface area contributed by atoms with E-state index in [4.69, 9.17) is 18.9 Å². The minimum Gasteiger partial charge on any atom is -0.491 e. The van der Waals surface area contributed by atoms with Crippen LogP contribution in [-0.2, 0) is 11.3 Å². The van der Waals surface area contributed by atoms with Gasteiger partial charge in [0.05, 0.1) is 6.10 Å².